The van der Waals surface area contributed by atoms with Crippen LogP contribution in [-0.2, 0) is 10.8 Å². The lowest BCUT2D eigenvalue weighted by atomic mass is 9.38. The molecule has 16 rings (SSSR count). The van der Waals surface area contributed by atoms with Gasteiger partial charge in [0.2, 0.25) is 0 Å². The minimum atomic E-state index is -0.526. The summed E-state index contributed by atoms with van der Waals surface area (Å²) < 4.78 is 6.32. The fourth-order valence-electron chi connectivity index (χ4n) is 14.8. The van der Waals surface area contributed by atoms with Crippen molar-refractivity contribution in [3.05, 3.63) is 264 Å². The number of aromatic nitrogens is 3. The molecule has 0 atom stereocenters. The van der Waals surface area contributed by atoms with Crippen LogP contribution in [0.5, 0.6) is 11.5 Å². The molecule has 2 heterocycles. The Hall–Kier alpha value is -8.41. The van der Waals surface area contributed by atoms with Gasteiger partial charge in [-0.25, -0.2) is 15.0 Å². The van der Waals surface area contributed by atoms with Gasteiger partial charge < -0.3 is 9.64 Å². The Kier molecular flexibility index (Phi) is 9.60. The van der Waals surface area contributed by atoms with Crippen molar-refractivity contribution in [1.29, 1.82) is 0 Å². The Morgan fingerprint density at radius 1 is 0.356 bits per heavy atom. The van der Waals surface area contributed by atoms with E-state index in [9.17, 15) is 0 Å². The predicted molar refractivity (Wildman–Crippen MR) is 292 cm³/mol. The van der Waals surface area contributed by atoms with Crippen molar-refractivity contribution in [2.45, 2.75) is 42.9 Å². The lowest BCUT2D eigenvalue weighted by molar-refractivity contribution is -0.0440. The molecule has 5 aliphatic carbocycles. The first-order valence-electron chi connectivity index (χ1n) is 26.2. The second kappa shape index (κ2) is 16.6. The molecule has 0 N–H and O–H groups in total. The van der Waals surface area contributed by atoms with E-state index in [1.807, 2.05) is 24.3 Å². The molecule has 73 heavy (non-hydrogen) atoms. The molecule has 0 saturated heterocycles. The van der Waals surface area contributed by atoms with Crippen molar-refractivity contribution in [2.24, 2.45) is 23.7 Å². The monoisotopic (exact) mass is 940 g/mol. The molecule has 4 saturated carbocycles. The number of fused-ring (bicyclic) bond motifs is 4. The van der Waals surface area contributed by atoms with Crippen LogP contribution < -0.4 is 9.64 Å². The summed E-state index contributed by atoms with van der Waals surface area (Å²) in [4.78, 5) is 18.4. The zero-order chi connectivity index (χ0) is 48.1. The van der Waals surface area contributed by atoms with E-state index < -0.39 is 5.41 Å². The van der Waals surface area contributed by atoms with E-state index in [4.69, 9.17) is 19.7 Å². The molecular weight excluding hydrogens is 889 g/mol. The van der Waals surface area contributed by atoms with Crippen LogP contribution in [0.2, 0.25) is 0 Å². The van der Waals surface area contributed by atoms with Crippen molar-refractivity contribution >= 4 is 17.1 Å². The fourth-order valence-corrected chi connectivity index (χ4v) is 14.8. The van der Waals surface area contributed by atoms with Gasteiger partial charge in [-0.2, -0.15) is 0 Å². The summed E-state index contributed by atoms with van der Waals surface area (Å²) in [6.45, 7) is 0. The third-order valence-corrected chi connectivity index (χ3v) is 17.4. The van der Waals surface area contributed by atoms with Gasteiger partial charge in [0, 0.05) is 27.8 Å². The molecule has 1 aliphatic heterocycles. The normalized spacial score (nSPS) is 21.4. The molecule has 6 aliphatic rings. The predicted octanol–water partition coefficient (Wildman–Crippen LogP) is 16.6. The SMILES string of the molecule is c1ccc(-c2nc(-c3cccc(-c4ccc(N5c6ccccc6Oc6ccccc65)cc4)c3)nc(-c3ccc4c(c3)C3(c5ccccc5C4(c4ccccc4)c4ccccc4)C4CC5CC(C4)CC3C5)n2)cc1. The van der Waals surface area contributed by atoms with Gasteiger partial charge in [-0.1, -0.05) is 182 Å². The van der Waals surface area contributed by atoms with Gasteiger partial charge in [-0.05, 0) is 149 Å². The molecule has 9 aromatic carbocycles. The first kappa shape index (κ1) is 42.3. The van der Waals surface area contributed by atoms with Crippen molar-refractivity contribution in [3.63, 3.8) is 0 Å². The maximum atomic E-state index is 6.32. The summed E-state index contributed by atoms with van der Waals surface area (Å²) in [5, 5.41) is 0. The topological polar surface area (TPSA) is 51.1 Å². The van der Waals surface area contributed by atoms with Crippen LogP contribution in [0.4, 0.5) is 17.1 Å². The maximum absolute atomic E-state index is 6.32. The van der Waals surface area contributed by atoms with E-state index in [1.165, 1.54) is 65.5 Å². The van der Waals surface area contributed by atoms with Crippen LogP contribution in [0.25, 0.3) is 45.3 Å². The average Bonchev–Trinajstić information content (AvgIpc) is 3.46. The summed E-state index contributed by atoms with van der Waals surface area (Å²) in [7, 11) is 0. The van der Waals surface area contributed by atoms with Crippen LogP contribution in [0.15, 0.2) is 231 Å². The Labute approximate surface area is 426 Å². The van der Waals surface area contributed by atoms with E-state index in [2.05, 4.69) is 211 Å². The first-order chi connectivity index (χ1) is 36.1. The lowest BCUT2D eigenvalue weighted by Crippen LogP contribution is -2.59. The van der Waals surface area contributed by atoms with Crippen LogP contribution in [0.3, 0.4) is 0 Å². The van der Waals surface area contributed by atoms with Gasteiger partial charge in [0.25, 0.3) is 0 Å². The zero-order valence-corrected chi connectivity index (χ0v) is 40.5. The molecule has 350 valence electrons. The Balaban J connectivity index is 0.891. The van der Waals surface area contributed by atoms with Gasteiger partial charge in [-0.15, -0.1) is 0 Å². The largest absolute Gasteiger partial charge is 0.453 e. The highest BCUT2D eigenvalue weighted by Gasteiger charge is 2.63. The number of benzene rings is 9. The molecule has 4 fully saturated rings. The quantitative estimate of drug-likeness (QED) is 0.159. The van der Waals surface area contributed by atoms with Crippen LogP contribution >= 0.6 is 0 Å². The molecule has 5 heteroatoms. The van der Waals surface area contributed by atoms with Crippen molar-refractivity contribution < 1.29 is 4.74 Å². The summed E-state index contributed by atoms with van der Waals surface area (Å²) in [5.74, 6) is 6.44. The number of hydrogen-bond donors (Lipinski definition) is 0. The van der Waals surface area contributed by atoms with Crippen LogP contribution in [0.1, 0.15) is 65.5 Å². The first-order valence-corrected chi connectivity index (χ1v) is 26.2. The highest BCUT2D eigenvalue weighted by atomic mass is 16.5. The summed E-state index contributed by atoms with van der Waals surface area (Å²) in [6, 6.07) is 83.8. The van der Waals surface area contributed by atoms with E-state index in [-0.39, 0.29) is 5.41 Å². The zero-order valence-electron chi connectivity index (χ0n) is 40.5. The maximum Gasteiger partial charge on any atom is 0.164 e. The molecule has 0 unspecified atom stereocenters. The van der Waals surface area contributed by atoms with Crippen LogP contribution in [-0.4, -0.2) is 15.0 Å². The molecule has 0 amide bonds. The van der Waals surface area contributed by atoms with Gasteiger partial charge in [-0.3, -0.25) is 0 Å². The smallest absolute Gasteiger partial charge is 0.164 e. The molecule has 4 bridgehead atoms. The van der Waals surface area contributed by atoms with Gasteiger partial charge in [0.15, 0.2) is 29.0 Å². The highest BCUT2D eigenvalue weighted by Crippen LogP contribution is 2.70. The number of hydrogen-bond acceptors (Lipinski definition) is 5. The number of nitrogens with zero attached hydrogens (tertiary/aromatic N) is 4. The van der Waals surface area contributed by atoms with E-state index >= 15 is 0 Å². The number of ether oxygens (including phenoxy) is 1. The molecule has 10 aromatic rings. The van der Waals surface area contributed by atoms with Gasteiger partial charge >= 0.3 is 0 Å². The van der Waals surface area contributed by atoms with Crippen molar-refractivity contribution in [1.82, 2.24) is 15.0 Å². The summed E-state index contributed by atoms with van der Waals surface area (Å²) >= 11 is 0. The number of para-hydroxylation sites is 4. The molecule has 1 aromatic heterocycles. The number of anilines is 3. The Bertz CT molecular complexity index is 3630. The lowest BCUT2D eigenvalue weighted by Gasteiger charge is -2.65. The summed E-state index contributed by atoms with van der Waals surface area (Å²) in [6.07, 6.45) is 6.55. The molecule has 1 spiro atoms. The highest BCUT2D eigenvalue weighted by molar-refractivity contribution is 5.87. The van der Waals surface area contributed by atoms with Crippen molar-refractivity contribution in [2.75, 3.05) is 4.90 Å². The molecule has 5 nitrogen and oxygen atoms in total. The standard InChI is InChI=1S/C68H52N4O/c1-4-17-47(18-5-1)64-69-65(49-20-16-19-48(42-49)46-31-34-55(35-32-46)72-60-27-12-14-29-62(60)73-63-30-15-13-28-61(63)72)71-66(70-64)50-33-36-58-59(43-50)68(53-38-44-37-45(40-53)41-54(68)39-44)57-26-11-10-25-56(57)67(58,51-21-6-2-7-22-51)52-23-8-3-9-24-52/h1-36,42-45,53-54H,37-41H2. The van der Waals surface area contributed by atoms with Gasteiger partial charge in [0.1, 0.15) is 0 Å². The van der Waals surface area contributed by atoms with E-state index in [0.29, 0.717) is 29.3 Å². The minimum absolute atomic E-state index is 0.126. The van der Waals surface area contributed by atoms with Crippen LogP contribution in [0, 0.1) is 23.7 Å². The van der Waals surface area contributed by atoms with Crippen molar-refractivity contribution in [3.8, 4) is 56.8 Å². The second-order valence-electron chi connectivity index (χ2n) is 21.1. The summed E-state index contributed by atoms with van der Waals surface area (Å²) in [5.41, 5.74) is 15.9. The minimum Gasteiger partial charge on any atom is -0.453 e. The third-order valence-electron chi connectivity index (χ3n) is 17.4. The Morgan fingerprint density at radius 2 is 0.822 bits per heavy atom. The Morgan fingerprint density at radius 3 is 1.44 bits per heavy atom. The van der Waals surface area contributed by atoms with Gasteiger partial charge in [0.05, 0.1) is 16.8 Å². The van der Waals surface area contributed by atoms with E-state index in [0.717, 1.165) is 68.2 Å². The second-order valence-corrected chi connectivity index (χ2v) is 21.1. The number of rotatable bonds is 7. The third kappa shape index (κ3) is 6.44. The molecule has 0 radical (unpaired) electrons. The average molecular weight is 941 g/mol. The van der Waals surface area contributed by atoms with E-state index in [1.54, 1.807) is 0 Å². The molecular formula is C68H52N4O. The fraction of sp³-hybridized carbons (Fsp3) is 0.162.